The van der Waals surface area contributed by atoms with Crippen molar-refractivity contribution in [3.8, 4) is 0 Å². The van der Waals surface area contributed by atoms with Crippen LogP contribution in [0.3, 0.4) is 0 Å². The van der Waals surface area contributed by atoms with Gasteiger partial charge in [0.15, 0.2) is 0 Å². The van der Waals surface area contributed by atoms with Crippen LogP contribution in [0.15, 0.2) is 17.3 Å². The van der Waals surface area contributed by atoms with Crippen LogP contribution in [-0.4, -0.2) is 27.0 Å². The fourth-order valence-corrected chi connectivity index (χ4v) is 3.79. The molecule has 2 N–H and O–H groups in total. The first-order valence-corrected chi connectivity index (χ1v) is 7.74. The lowest BCUT2D eigenvalue weighted by Gasteiger charge is -2.23. The standard InChI is InChI=1S/C16H21N3O3/c1-4-10-5-11(15(8(10)2)22-9(3)20)12-6-17-14-13(12)18-7-19-16(14)21/h6-8,10-11,15,17H,4-5H2,1-3H3,(H,18,19,21)/t8-,10+,11+,15?/m1/s1. The summed E-state index contributed by atoms with van der Waals surface area (Å²) in [6.45, 7) is 5.74. The molecule has 0 radical (unpaired) electrons. The minimum absolute atomic E-state index is 0.0758. The monoisotopic (exact) mass is 303 g/mol. The number of nitrogens with zero attached hydrogens (tertiary/aromatic N) is 1. The first-order chi connectivity index (χ1) is 10.5. The lowest BCUT2D eigenvalue weighted by molar-refractivity contribution is -0.148. The van der Waals surface area contributed by atoms with Gasteiger partial charge in [-0.25, -0.2) is 4.98 Å². The number of ether oxygens (including phenoxy) is 1. The molecule has 4 atom stereocenters. The number of esters is 1. The normalized spacial score (nSPS) is 28.1. The van der Waals surface area contributed by atoms with Crippen molar-refractivity contribution in [3.63, 3.8) is 0 Å². The van der Waals surface area contributed by atoms with Crippen molar-refractivity contribution in [2.45, 2.75) is 45.6 Å². The fraction of sp³-hybridized carbons (Fsp3) is 0.562. The highest BCUT2D eigenvalue weighted by molar-refractivity contribution is 5.78. The van der Waals surface area contributed by atoms with Gasteiger partial charge in [0.1, 0.15) is 11.6 Å². The topological polar surface area (TPSA) is 87.8 Å². The number of hydrogen-bond acceptors (Lipinski definition) is 4. The summed E-state index contributed by atoms with van der Waals surface area (Å²) >= 11 is 0. The molecule has 2 aromatic rings. The van der Waals surface area contributed by atoms with Gasteiger partial charge < -0.3 is 14.7 Å². The molecule has 22 heavy (non-hydrogen) atoms. The molecule has 2 aromatic heterocycles. The molecule has 2 heterocycles. The van der Waals surface area contributed by atoms with E-state index in [1.165, 1.54) is 13.3 Å². The van der Waals surface area contributed by atoms with Crippen LogP contribution < -0.4 is 5.56 Å². The number of nitrogens with one attached hydrogen (secondary N) is 2. The average Bonchev–Trinajstić information content (AvgIpc) is 3.02. The van der Waals surface area contributed by atoms with E-state index in [9.17, 15) is 9.59 Å². The maximum Gasteiger partial charge on any atom is 0.302 e. The largest absolute Gasteiger partial charge is 0.462 e. The van der Waals surface area contributed by atoms with E-state index >= 15 is 0 Å². The molecule has 0 aromatic carbocycles. The molecule has 0 spiro atoms. The molecule has 118 valence electrons. The first kappa shape index (κ1) is 14.8. The molecule has 0 aliphatic heterocycles. The second-order valence-corrected chi connectivity index (χ2v) is 6.14. The molecule has 1 saturated carbocycles. The van der Waals surface area contributed by atoms with E-state index in [0.717, 1.165) is 18.4 Å². The summed E-state index contributed by atoms with van der Waals surface area (Å²) in [4.78, 5) is 33.2. The lowest BCUT2D eigenvalue weighted by atomic mass is 9.94. The summed E-state index contributed by atoms with van der Waals surface area (Å²) in [6, 6.07) is 0. The molecule has 3 rings (SSSR count). The lowest BCUT2D eigenvalue weighted by Crippen LogP contribution is -2.26. The molecule has 1 unspecified atom stereocenters. The maximum atomic E-state index is 11.8. The van der Waals surface area contributed by atoms with Crippen LogP contribution >= 0.6 is 0 Å². The second-order valence-electron chi connectivity index (χ2n) is 6.14. The van der Waals surface area contributed by atoms with Crippen molar-refractivity contribution < 1.29 is 9.53 Å². The van der Waals surface area contributed by atoms with Crippen molar-refractivity contribution in [2.75, 3.05) is 0 Å². The van der Waals surface area contributed by atoms with Gasteiger partial charge in [0.05, 0.1) is 11.8 Å². The summed E-state index contributed by atoms with van der Waals surface area (Å²) in [7, 11) is 0. The number of H-pyrrole nitrogens is 2. The van der Waals surface area contributed by atoms with Crippen LogP contribution in [0.5, 0.6) is 0 Å². The molecular weight excluding hydrogens is 282 g/mol. The Morgan fingerprint density at radius 2 is 2.23 bits per heavy atom. The minimum atomic E-state index is -0.260. The molecule has 1 aliphatic rings. The Morgan fingerprint density at radius 3 is 2.91 bits per heavy atom. The van der Waals surface area contributed by atoms with E-state index in [2.05, 4.69) is 28.8 Å². The van der Waals surface area contributed by atoms with Crippen molar-refractivity contribution in [1.82, 2.24) is 15.0 Å². The smallest absolute Gasteiger partial charge is 0.302 e. The summed E-state index contributed by atoms with van der Waals surface area (Å²) in [5.41, 5.74) is 1.94. The van der Waals surface area contributed by atoms with Gasteiger partial charge in [0.2, 0.25) is 0 Å². The Bertz CT molecular complexity index is 748. The van der Waals surface area contributed by atoms with E-state index in [1.54, 1.807) is 0 Å². The predicted molar refractivity (Wildman–Crippen MR) is 82.6 cm³/mol. The van der Waals surface area contributed by atoms with Crippen molar-refractivity contribution >= 4 is 17.0 Å². The third kappa shape index (κ3) is 2.32. The molecule has 0 saturated heterocycles. The Morgan fingerprint density at radius 1 is 1.45 bits per heavy atom. The van der Waals surface area contributed by atoms with Gasteiger partial charge in [-0.05, 0) is 18.3 Å². The third-order valence-corrected chi connectivity index (χ3v) is 4.94. The number of fused-ring (bicyclic) bond motifs is 1. The van der Waals surface area contributed by atoms with Gasteiger partial charge in [0.25, 0.3) is 5.56 Å². The van der Waals surface area contributed by atoms with Crippen LogP contribution in [0.4, 0.5) is 0 Å². The minimum Gasteiger partial charge on any atom is -0.462 e. The average molecular weight is 303 g/mol. The number of carbonyl (C=O) groups is 1. The SMILES string of the molecule is CC[C@H]1C[C@@H](c2c[nH]c3c(=O)[nH]cnc23)C(OC(C)=O)[C@@H]1C. The van der Waals surface area contributed by atoms with Crippen LogP contribution in [0.25, 0.3) is 11.0 Å². The number of carbonyl (C=O) groups excluding carboxylic acids is 1. The Kier molecular flexibility index (Phi) is 3.76. The van der Waals surface area contributed by atoms with Crippen LogP contribution in [0.1, 0.15) is 45.1 Å². The van der Waals surface area contributed by atoms with Crippen molar-refractivity contribution in [1.29, 1.82) is 0 Å². The zero-order valence-electron chi connectivity index (χ0n) is 13.1. The van der Waals surface area contributed by atoms with Gasteiger partial charge in [-0.3, -0.25) is 9.59 Å². The fourth-order valence-electron chi connectivity index (χ4n) is 3.79. The number of rotatable bonds is 3. The molecule has 1 aliphatic carbocycles. The Labute approximate surface area is 128 Å². The molecule has 0 bridgehead atoms. The van der Waals surface area contributed by atoms with Crippen molar-refractivity contribution in [3.05, 3.63) is 28.4 Å². The van der Waals surface area contributed by atoms with Crippen LogP contribution in [0, 0.1) is 11.8 Å². The number of aromatic amines is 2. The van der Waals surface area contributed by atoms with E-state index < -0.39 is 0 Å². The highest BCUT2D eigenvalue weighted by Crippen LogP contribution is 2.46. The quantitative estimate of drug-likeness (QED) is 0.852. The third-order valence-electron chi connectivity index (χ3n) is 4.94. The number of hydrogen-bond donors (Lipinski definition) is 2. The van der Waals surface area contributed by atoms with Gasteiger partial charge in [-0.2, -0.15) is 0 Å². The van der Waals surface area contributed by atoms with Gasteiger partial charge >= 0.3 is 5.97 Å². The molecule has 6 nitrogen and oxygen atoms in total. The van der Waals surface area contributed by atoms with E-state index in [0.29, 0.717) is 22.9 Å². The van der Waals surface area contributed by atoms with Crippen molar-refractivity contribution in [2.24, 2.45) is 11.8 Å². The van der Waals surface area contributed by atoms with E-state index in [4.69, 9.17) is 4.74 Å². The van der Waals surface area contributed by atoms with E-state index in [1.807, 2.05) is 6.20 Å². The first-order valence-electron chi connectivity index (χ1n) is 7.74. The summed E-state index contributed by atoms with van der Waals surface area (Å²) in [5.74, 6) is 0.614. The Balaban J connectivity index is 2.05. The second kappa shape index (κ2) is 5.59. The maximum absolute atomic E-state index is 11.8. The zero-order chi connectivity index (χ0) is 15.9. The van der Waals surface area contributed by atoms with Crippen LogP contribution in [-0.2, 0) is 9.53 Å². The van der Waals surface area contributed by atoms with Gasteiger partial charge in [-0.15, -0.1) is 0 Å². The highest BCUT2D eigenvalue weighted by atomic mass is 16.5. The molecule has 6 heteroatoms. The molecule has 0 amide bonds. The van der Waals surface area contributed by atoms with E-state index in [-0.39, 0.29) is 23.6 Å². The van der Waals surface area contributed by atoms with Gasteiger partial charge in [0, 0.05) is 24.6 Å². The molecule has 1 fully saturated rings. The summed E-state index contributed by atoms with van der Waals surface area (Å²) in [5, 5.41) is 0. The Hall–Kier alpha value is -2.11. The summed E-state index contributed by atoms with van der Waals surface area (Å²) < 4.78 is 5.60. The van der Waals surface area contributed by atoms with Gasteiger partial charge in [-0.1, -0.05) is 20.3 Å². The predicted octanol–water partition coefficient (Wildman–Crippen LogP) is 2.33. The summed E-state index contributed by atoms with van der Waals surface area (Å²) in [6.07, 6.45) is 5.07. The zero-order valence-corrected chi connectivity index (χ0v) is 13.1. The van der Waals surface area contributed by atoms with Crippen LogP contribution in [0.2, 0.25) is 0 Å². The molecular formula is C16H21N3O3. The number of aromatic nitrogens is 3. The highest BCUT2D eigenvalue weighted by Gasteiger charge is 2.43.